The molecule has 3 heteroatoms. The average molecular weight is 352 g/mol. The van der Waals surface area contributed by atoms with E-state index in [-0.39, 0.29) is 0 Å². The third kappa shape index (κ3) is 2.18. The molecule has 1 aromatic carbocycles. The maximum atomic E-state index is 3.56. The van der Waals surface area contributed by atoms with Crippen LogP contribution in [0.2, 0.25) is 0 Å². The van der Waals surface area contributed by atoms with Gasteiger partial charge in [-0.15, -0.1) is 0 Å². The Morgan fingerprint density at radius 1 is 1.23 bits per heavy atom. The second-order valence-corrected chi connectivity index (χ2v) is 5.31. The van der Waals surface area contributed by atoms with Crippen LogP contribution in [0.15, 0.2) is 22.7 Å². The summed E-state index contributed by atoms with van der Waals surface area (Å²) in [6.45, 7) is 2.43. The van der Waals surface area contributed by atoms with Crippen molar-refractivity contribution in [1.82, 2.24) is 0 Å². The zero-order chi connectivity index (χ0) is 9.26. The van der Waals surface area contributed by atoms with E-state index in [0.717, 1.165) is 0 Å². The Balaban J connectivity index is 2.25. The molecule has 1 aromatic rings. The van der Waals surface area contributed by atoms with Crippen LogP contribution in [0.4, 0.5) is 5.69 Å². The predicted octanol–water partition coefficient (Wildman–Crippen LogP) is 3.65. The lowest BCUT2D eigenvalue weighted by Crippen LogP contribution is -2.17. The maximum absolute atomic E-state index is 3.56. The minimum atomic E-state index is 1.21. The quantitative estimate of drug-likeness (QED) is 0.698. The van der Waals surface area contributed by atoms with Gasteiger partial charge in [-0.1, -0.05) is 0 Å². The highest BCUT2D eigenvalue weighted by molar-refractivity contribution is 14.1. The highest BCUT2D eigenvalue weighted by Gasteiger charge is 2.12. The summed E-state index contributed by atoms with van der Waals surface area (Å²) in [5, 5.41) is 0. The molecule has 13 heavy (non-hydrogen) atoms. The summed E-state index contributed by atoms with van der Waals surface area (Å²) in [5.41, 5.74) is 1.35. The van der Waals surface area contributed by atoms with E-state index in [1.807, 2.05) is 0 Å². The maximum Gasteiger partial charge on any atom is 0.0378 e. The van der Waals surface area contributed by atoms with Crippen LogP contribution in [0.5, 0.6) is 0 Å². The highest BCUT2D eigenvalue weighted by Crippen LogP contribution is 2.27. The van der Waals surface area contributed by atoms with Gasteiger partial charge in [-0.3, -0.25) is 0 Å². The molecule has 1 heterocycles. The summed E-state index contributed by atoms with van der Waals surface area (Å²) < 4.78 is 2.48. The summed E-state index contributed by atoms with van der Waals surface area (Å²) in [6, 6.07) is 6.59. The molecule has 0 amide bonds. The molecule has 0 radical (unpaired) electrons. The molecule has 0 aromatic heterocycles. The monoisotopic (exact) mass is 351 g/mol. The fraction of sp³-hybridized carbons (Fsp3) is 0.400. The molecule has 0 aliphatic carbocycles. The highest BCUT2D eigenvalue weighted by atomic mass is 127. The standard InChI is InChI=1S/C10H11BrIN/c11-9-7-8(3-4-10(9)12)13-5-1-2-6-13/h3-4,7H,1-2,5-6H2. The molecule has 1 fully saturated rings. The zero-order valence-electron chi connectivity index (χ0n) is 7.26. The van der Waals surface area contributed by atoms with Gasteiger partial charge in [-0.05, 0) is 69.6 Å². The van der Waals surface area contributed by atoms with Gasteiger partial charge in [0, 0.05) is 26.8 Å². The lowest BCUT2D eigenvalue weighted by Gasteiger charge is -2.17. The Bertz CT molecular complexity index is 308. The van der Waals surface area contributed by atoms with Crippen LogP contribution in [0, 0.1) is 3.57 Å². The third-order valence-corrected chi connectivity index (χ3v) is 4.71. The number of halogens is 2. The van der Waals surface area contributed by atoms with E-state index in [9.17, 15) is 0 Å². The van der Waals surface area contributed by atoms with E-state index in [4.69, 9.17) is 0 Å². The number of benzene rings is 1. The molecule has 70 valence electrons. The summed E-state index contributed by atoms with van der Waals surface area (Å²) in [4.78, 5) is 2.45. The molecule has 0 atom stereocenters. The first-order valence-corrected chi connectivity index (χ1v) is 6.34. The summed E-state index contributed by atoms with van der Waals surface area (Å²) in [7, 11) is 0. The molecule has 0 saturated carbocycles. The van der Waals surface area contributed by atoms with E-state index in [1.165, 1.54) is 39.7 Å². The van der Waals surface area contributed by atoms with Crippen LogP contribution in [-0.4, -0.2) is 13.1 Å². The van der Waals surface area contributed by atoms with Gasteiger partial charge in [0.1, 0.15) is 0 Å². The summed E-state index contributed by atoms with van der Waals surface area (Å²) in [6.07, 6.45) is 2.67. The van der Waals surface area contributed by atoms with E-state index in [2.05, 4.69) is 61.6 Å². The predicted molar refractivity (Wildman–Crippen MR) is 68.3 cm³/mol. The first-order valence-electron chi connectivity index (χ1n) is 4.47. The van der Waals surface area contributed by atoms with E-state index in [0.29, 0.717) is 0 Å². The van der Waals surface area contributed by atoms with Gasteiger partial charge < -0.3 is 4.90 Å². The lowest BCUT2D eigenvalue weighted by atomic mass is 10.3. The molecule has 1 saturated heterocycles. The summed E-state index contributed by atoms with van der Waals surface area (Å²) in [5.74, 6) is 0. The Labute approximate surface area is 101 Å². The van der Waals surface area contributed by atoms with E-state index < -0.39 is 0 Å². The molecular formula is C10H11BrIN. The molecular weight excluding hydrogens is 341 g/mol. The fourth-order valence-electron chi connectivity index (χ4n) is 1.66. The molecule has 0 bridgehead atoms. The van der Waals surface area contributed by atoms with Crippen molar-refractivity contribution < 1.29 is 0 Å². The molecule has 2 rings (SSSR count). The number of rotatable bonds is 1. The van der Waals surface area contributed by atoms with Gasteiger partial charge in [0.25, 0.3) is 0 Å². The second-order valence-electron chi connectivity index (χ2n) is 3.29. The minimum absolute atomic E-state index is 1.21. The SMILES string of the molecule is Brc1cc(N2CCCC2)ccc1I. The summed E-state index contributed by atoms with van der Waals surface area (Å²) >= 11 is 5.90. The lowest BCUT2D eigenvalue weighted by molar-refractivity contribution is 0.949. The number of hydrogen-bond acceptors (Lipinski definition) is 1. The van der Waals surface area contributed by atoms with Gasteiger partial charge in [-0.25, -0.2) is 0 Å². The normalized spacial score (nSPS) is 16.6. The van der Waals surface area contributed by atoms with Crippen molar-refractivity contribution >= 4 is 44.2 Å². The largest absolute Gasteiger partial charge is 0.372 e. The first kappa shape index (κ1) is 9.77. The van der Waals surface area contributed by atoms with Gasteiger partial charge in [0.15, 0.2) is 0 Å². The van der Waals surface area contributed by atoms with Crippen LogP contribution >= 0.6 is 38.5 Å². The van der Waals surface area contributed by atoms with Crippen molar-refractivity contribution in [3.63, 3.8) is 0 Å². The Hall–Kier alpha value is 0.230. The zero-order valence-corrected chi connectivity index (χ0v) is 11.0. The fourth-order valence-corrected chi connectivity index (χ4v) is 2.36. The van der Waals surface area contributed by atoms with Crippen LogP contribution in [0.25, 0.3) is 0 Å². The molecule has 0 unspecified atom stereocenters. The van der Waals surface area contributed by atoms with Gasteiger partial charge >= 0.3 is 0 Å². The van der Waals surface area contributed by atoms with Gasteiger partial charge in [0.2, 0.25) is 0 Å². The van der Waals surface area contributed by atoms with Crippen molar-refractivity contribution in [2.45, 2.75) is 12.8 Å². The van der Waals surface area contributed by atoms with E-state index >= 15 is 0 Å². The van der Waals surface area contributed by atoms with Gasteiger partial charge in [0.05, 0.1) is 0 Å². The number of hydrogen-bond donors (Lipinski definition) is 0. The average Bonchev–Trinajstić information content (AvgIpc) is 2.62. The van der Waals surface area contributed by atoms with Crippen LogP contribution in [0.1, 0.15) is 12.8 Å². The minimum Gasteiger partial charge on any atom is -0.372 e. The van der Waals surface area contributed by atoms with Crippen molar-refractivity contribution in [3.8, 4) is 0 Å². The van der Waals surface area contributed by atoms with Crippen LogP contribution < -0.4 is 4.90 Å². The topological polar surface area (TPSA) is 3.24 Å². The molecule has 0 N–H and O–H groups in total. The van der Waals surface area contributed by atoms with Crippen molar-refractivity contribution in [2.75, 3.05) is 18.0 Å². The Kier molecular flexibility index (Phi) is 3.14. The van der Waals surface area contributed by atoms with Crippen molar-refractivity contribution in [1.29, 1.82) is 0 Å². The Morgan fingerprint density at radius 2 is 1.92 bits per heavy atom. The van der Waals surface area contributed by atoms with Gasteiger partial charge in [-0.2, -0.15) is 0 Å². The molecule has 0 spiro atoms. The van der Waals surface area contributed by atoms with E-state index in [1.54, 1.807) is 0 Å². The Morgan fingerprint density at radius 3 is 2.54 bits per heavy atom. The smallest absolute Gasteiger partial charge is 0.0378 e. The number of anilines is 1. The first-order chi connectivity index (χ1) is 6.27. The third-order valence-electron chi connectivity index (χ3n) is 2.37. The van der Waals surface area contributed by atoms with Crippen molar-refractivity contribution in [3.05, 3.63) is 26.2 Å². The molecule has 1 nitrogen and oxygen atoms in total. The molecule has 1 aliphatic heterocycles. The number of nitrogens with zero attached hydrogens (tertiary/aromatic N) is 1. The second kappa shape index (κ2) is 4.17. The van der Waals surface area contributed by atoms with Crippen molar-refractivity contribution in [2.24, 2.45) is 0 Å². The van der Waals surface area contributed by atoms with Crippen LogP contribution in [0.3, 0.4) is 0 Å². The molecule has 1 aliphatic rings. The van der Waals surface area contributed by atoms with Crippen LogP contribution in [-0.2, 0) is 0 Å².